The number of hydrogen-bond acceptors (Lipinski definition) is 3. The van der Waals surface area contributed by atoms with Gasteiger partial charge in [-0.25, -0.2) is 0 Å². The summed E-state index contributed by atoms with van der Waals surface area (Å²) in [5.74, 6) is 0.164. The fourth-order valence-corrected chi connectivity index (χ4v) is 1.72. The van der Waals surface area contributed by atoms with Crippen LogP contribution in [0.3, 0.4) is 0 Å². The van der Waals surface area contributed by atoms with Gasteiger partial charge in [-0.3, -0.25) is 10.1 Å². The number of alkyl halides is 1. The van der Waals surface area contributed by atoms with E-state index in [0.29, 0.717) is 5.88 Å². The Labute approximate surface area is 86.6 Å². The Morgan fingerprint density at radius 3 is 3.07 bits per heavy atom. The van der Waals surface area contributed by atoms with Gasteiger partial charge in [0.2, 0.25) is 11.8 Å². The molecule has 0 saturated carbocycles. The van der Waals surface area contributed by atoms with E-state index in [4.69, 9.17) is 16.1 Å². The summed E-state index contributed by atoms with van der Waals surface area (Å²) in [7, 11) is 0. The molecular formula is C9H11ClN2O2. The number of nitrogens with zero attached hydrogens (tertiary/aromatic N) is 1. The minimum atomic E-state index is -0.254. The standard InChI is InChI=1S/C9H11ClN2O2/c10-5-8(13)11-9-6-3-1-2-4-7(6)12-14-9/h1-5H2,(H,11,13). The molecule has 4 nitrogen and oxygen atoms in total. The van der Waals surface area contributed by atoms with Gasteiger partial charge in [0, 0.05) is 5.56 Å². The number of aromatic nitrogens is 1. The molecule has 0 atom stereocenters. The molecule has 76 valence electrons. The molecular weight excluding hydrogens is 204 g/mol. The predicted molar refractivity (Wildman–Crippen MR) is 52.5 cm³/mol. The maximum Gasteiger partial charge on any atom is 0.241 e. The fraction of sp³-hybridized carbons (Fsp3) is 0.556. The molecule has 0 bridgehead atoms. The first-order valence-corrected chi connectivity index (χ1v) is 5.18. The smallest absolute Gasteiger partial charge is 0.241 e. The summed E-state index contributed by atoms with van der Waals surface area (Å²) in [5.41, 5.74) is 2.01. The van der Waals surface area contributed by atoms with Gasteiger partial charge in [-0.05, 0) is 25.7 Å². The molecule has 1 aromatic heterocycles. The van der Waals surface area contributed by atoms with Crippen molar-refractivity contribution in [1.82, 2.24) is 5.16 Å². The molecule has 0 fully saturated rings. The van der Waals surface area contributed by atoms with Crippen LogP contribution in [0, 0.1) is 0 Å². The molecule has 0 aromatic carbocycles. The molecule has 0 unspecified atom stereocenters. The zero-order valence-electron chi connectivity index (χ0n) is 7.68. The Kier molecular flexibility index (Phi) is 2.72. The minimum Gasteiger partial charge on any atom is -0.338 e. The van der Waals surface area contributed by atoms with Gasteiger partial charge in [0.05, 0.1) is 5.69 Å². The average Bonchev–Trinajstić information content (AvgIpc) is 2.62. The number of carbonyl (C=O) groups excluding carboxylic acids is 1. The molecule has 1 heterocycles. The number of hydrogen-bond donors (Lipinski definition) is 1. The lowest BCUT2D eigenvalue weighted by Gasteiger charge is -2.08. The van der Waals surface area contributed by atoms with E-state index in [1.807, 2.05) is 0 Å². The Morgan fingerprint density at radius 2 is 2.29 bits per heavy atom. The molecule has 0 spiro atoms. The lowest BCUT2D eigenvalue weighted by atomic mass is 9.98. The molecule has 1 aliphatic rings. The predicted octanol–water partition coefficient (Wildman–Crippen LogP) is 1.73. The quantitative estimate of drug-likeness (QED) is 0.763. The van der Waals surface area contributed by atoms with Crippen molar-refractivity contribution in [2.45, 2.75) is 25.7 Å². The highest BCUT2D eigenvalue weighted by atomic mass is 35.5. The van der Waals surface area contributed by atoms with Crippen molar-refractivity contribution in [3.8, 4) is 0 Å². The normalized spacial score (nSPS) is 14.9. The Hall–Kier alpha value is -1.03. The molecule has 0 aliphatic heterocycles. The number of nitrogens with one attached hydrogen (secondary N) is 1. The maximum atomic E-state index is 11.0. The van der Waals surface area contributed by atoms with E-state index in [1.54, 1.807) is 0 Å². The molecule has 1 amide bonds. The van der Waals surface area contributed by atoms with Crippen LogP contribution in [0.15, 0.2) is 4.52 Å². The van der Waals surface area contributed by atoms with Gasteiger partial charge in [0.25, 0.3) is 0 Å². The highest BCUT2D eigenvalue weighted by Crippen LogP contribution is 2.27. The highest BCUT2D eigenvalue weighted by molar-refractivity contribution is 6.29. The van der Waals surface area contributed by atoms with Gasteiger partial charge in [0.15, 0.2) is 0 Å². The summed E-state index contributed by atoms with van der Waals surface area (Å²) >= 11 is 5.38. The first-order valence-electron chi connectivity index (χ1n) is 4.64. The Morgan fingerprint density at radius 1 is 1.50 bits per heavy atom. The summed E-state index contributed by atoms with van der Waals surface area (Å²) in [5, 5.41) is 6.51. The van der Waals surface area contributed by atoms with E-state index in [1.165, 1.54) is 0 Å². The van der Waals surface area contributed by atoms with Gasteiger partial charge < -0.3 is 4.52 Å². The average molecular weight is 215 g/mol. The number of amides is 1. The van der Waals surface area contributed by atoms with Crippen molar-refractivity contribution >= 4 is 23.4 Å². The van der Waals surface area contributed by atoms with E-state index < -0.39 is 0 Å². The van der Waals surface area contributed by atoms with Crippen molar-refractivity contribution in [1.29, 1.82) is 0 Å². The summed E-state index contributed by atoms with van der Waals surface area (Å²) in [4.78, 5) is 11.0. The van der Waals surface area contributed by atoms with Crippen molar-refractivity contribution in [2.75, 3.05) is 11.2 Å². The molecule has 0 radical (unpaired) electrons. The fourth-order valence-electron chi connectivity index (χ4n) is 1.65. The zero-order valence-corrected chi connectivity index (χ0v) is 8.43. The van der Waals surface area contributed by atoms with Crippen LogP contribution in [0.4, 0.5) is 5.88 Å². The third kappa shape index (κ3) is 1.75. The second kappa shape index (κ2) is 4.00. The molecule has 1 aliphatic carbocycles. The molecule has 1 N–H and O–H groups in total. The largest absolute Gasteiger partial charge is 0.338 e. The SMILES string of the molecule is O=C(CCl)Nc1onc2c1CCCC2. The first kappa shape index (κ1) is 9.52. The molecule has 2 rings (SSSR count). The lowest BCUT2D eigenvalue weighted by Crippen LogP contribution is -2.14. The third-order valence-corrected chi connectivity index (χ3v) is 2.58. The summed E-state index contributed by atoms with van der Waals surface area (Å²) < 4.78 is 5.05. The topological polar surface area (TPSA) is 55.1 Å². The van der Waals surface area contributed by atoms with Crippen LogP contribution in [0.25, 0.3) is 0 Å². The molecule has 5 heteroatoms. The van der Waals surface area contributed by atoms with Gasteiger partial charge >= 0.3 is 0 Å². The number of aryl methyl sites for hydroxylation is 1. The Balaban J connectivity index is 2.18. The van der Waals surface area contributed by atoms with E-state index in [-0.39, 0.29) is 11.8 Å². The Bertz CT molecular complexity index is 349. The third-order valence-electron chi connectivity index (χ3n) is 2.33. The lowest BCUT2D eigenvalue weighted by molar-refractivity contribution is -0.114. The first-order chi connectivity index (χ1) is 6.81. The zero-order chi connectivity index (χ0) is 9.97. The van der Waals surface area contributed by atoms with Crippen LogP contribution >= 0.6 is 11.6 Å². The number of fused-ring (bicyclic) bond motifs is 1. The minimum absolute atomic E-state index is 0.0600. The van der Waals surface area contributed by atoms with Gasteiger partial charge in [0.1, 0.15) is 5.88 Å². The molecule has 0 saturated heterocycles. The second-order valence-corrected chi connectivity index (χ2v) is 3.59. The summed E-state index contributed by atoms with van der Waals surface area (Å²) in [6, 6.07) is 0. The van der Waals surface area contributed by atoms with Gasteiger partial charge in [-0.15, -0.1) is 11.6 Å². The van der Waals surface area contributed by atoms with E-state index in [2.05, 4.69) is 10.5 Å². The van der Waals surface area contributed by atoms with Crippen LogP contribution in [0.1, 0.15) is 24.1 Å². The summed E-state index contributed by atoms with van der Waals surface area (Å²) in [6.07, 6.45) is 4.13. The van der Waals surface area contributed by atoms with Crippen molar-refractivity contribution in [2.24, 2.45) is 0 Å². The monoisotopic (exact) mass is 214 g/mol. The summed E-state index contributed by atoms with van der Waals surface area (Å²) in [6.45, 7) is 0. The number of carbonyl (C=O) groups is 1. The number of halogens is 1. The van der Waals surface area contributed by atoms with E-state index in [0.717, 1.165) is 36.9 Å². The number of anilines is 1. The van der Waals surface area contributed by atoms with Gasteiger partial charge in [-0.2, -0.15) is 0 Å². The second-order valence-electron chi connectivity index (χ2n) is 3.33. The van der Waals surface area contributed by atoms with Crippen LogP contribution in [-0.4, -0.2) is 16.9 Å². The molecule has 1 aromatic rings. The maximum absolute atomic E-state index is 11.0. The van der Waals surface area contributed by atoms with Crippen molar-refractivity contribution in [3.05, 3.63) is 11.3 Å². The highest BCUT2D eigenvalue weighted by Gasteiger charge is 2.20. The molecule has 14 heavy (non-hydrogen) atoms. The van der Waals surface area contributed by atoms with Crippen molar-refractivity contribution < 1.29 is 9.32 Å². The van der Waals surface area contributed by atoms with Crippen LogP contribution < -0.4 is 5.32 Å². The van der Waals surface area contributed by atoms with Crippen LogP contribution in [0.5, 0.6) is 0 Å². The van der Waals surface area contributed by atoms with Crippen LogP contribution in [0.2, 0.25) is 0 Å². The number of rotatable bonds is 2. The van der Waals surface area contributed by atoms with Crippen LogP contribution in [-0.2, 0) is 17.6 Å². The van der Waals surface area contributed by atoms with E-state index in [9.17, 15) is 4.79 Å². The van der Waals surface area contributed by atoms with E-state index >= 15 is 0 Å². The van der Waals surface area contributed by atoms with Gasteiger partial charge in [-0.1, -0.05) is 5.16 Å². The van der Waals surface area contributed by atoms with Crippen molar-refractivity contribution in [3.63, 3.8) is 0 Å².